The molecule has 27 heavy (non-hydrogen) atoms. The molecule has 2 aromatic carbocycles. The number of imidazole rings is 1. The molecule has 0 spiro atoms. The van der Waals surface area contributed by atoms with Gasteiger partial charge in [-0.2, -0.15) is 0 Å². The minimum Gasteiger partial charge on any atom is -0.497 e. The molecule has 138 valence electrons. The minimum atomic E-state index is -0.164. The van der Waals surface area contributed by atoms with E-state index in [1.165, 1.54) is 5.56 Å². The van der Waals surface area contributed by atoms with E-state index in [0.717, 1.165) is 29.3 Å². The van der Waals surface area contributed by atoms with Crippen LogP contribution in [0.4, 0.5) is 5.95 Å². The van der Waals surface area contributed by atoms with E-state index in [1.807, 2.05) is 30.3 Å². The van der Waals surface area contributed by atoms with Crippen molar-refractivity contribution >= 4 is 22.9 Å². The number of nitrogens with zero attached hydrogens (tertiary/aromatic N) is 3. The van der Waals surface area contributed by atoms with Gasteiger partial charge in [-0.15, -0.1) is 0 Å². The molecule has 5 N–H and O–H groups in total. The van der Waals surface area contributed by atoms with Crippen molar-refractivity contribution in [1.82, 2.24) is 20.4 Å². The summed E-state index contributed by atoms with van der Waals surface area (Å²) in [5.74, 6) is 2.13. The zero-order valence-corrected chi connectivity index (χ0v) is 14.9. The Morgan fingerprint density at radius 3 is 2.78 bits per heavy atom. The molecule has 0 amide bonds. The number of guanidine groups is 1. The van der Waals surface area contributed by atoms with Crippen molar-refractivity contribution in [3.8, 4) is 5.75 Å². The van der Waals surface area contributed by atoms with Crippen molar-refractivity contribution < 1.29 is 4.74 Å². The summed E-state index contributed by atoms with van der Waals surface area (Å²) in [6.07, 6.45) is -0.164. The lowest BCUT2D eigenvalue weighted by molar-refractivity contribution is 0.328. The molecule has 8 heteroatoms. The Morgan fingerprint density at radius 1 is 1.15 bits per heavy atom. The van der Waals surface area contributed by atoms with Gasteiger partial charge in [-0.25, -0.2) is 15.4 Å². The zero-order valence-electron chi connectivity index (χ0n) is 14.9. The fraction of sp³-hybridized carbons (Fsp3) is 0.263. The topological polar surface area (TPSA) is 102 Å². The van der Waals surface area contributed by atoms with E-state index < -0.39 is 0 Å². The fourth-order valence-corrected chi connectivity index (χ4v) is 3.97. The summed E-state index contributed by atoms with van der Waals surface area (Å²) < 4.78 is 7.42. The lowest BCUT2D eigenvalue weighted by atomic mass is 9.92. The molecule has 3 unspecified atom stereocenters. The van der Waals surface area contributed by atoms with Crippen LogP contribution < -0.4 is 26.6 Å². The van der Waals surface area contributed by atoms with Gasteiger partial charge in [0, 0.05) is 12.5 Å². The van der Waals surface area contributed by atoms with Crippen LogP contribution in [0.15, 0.2) is 53.5 Å². The van der Waals surface area contributed by atoms with Gasteiger partial charge in [0.25, 0.3) is 0 Å². The lowest BCUT2D eigenvalue weighted by Crippen LogP contribution is -2.35. The molecule has 1 saturated heterocycles. The number of nitrogens with two attached hydrogens (primary N) is 1. The Kier molecular flexibility index (Phi) is 3.73. The fourth-order valence-electron chi connectivity index (χ4n) is 3.97. The second kappa shape index (κ2) is 6.26. The third-order valence-electron chi connectivity index (χ3n) is 5.25. The van der Waals surface area contributed by atoms with Gasteiger partial charge >= 0.3 is 0 Å². The molecule has 3 atom stereocenters. The Hall–Kier alpha value is -3.10. The van der Waals surface area contributed by atoms with Crippen LogP contribution in [0.3, 0.4) is 0 Å². The molecule has 5 rings (SSSR count). The number of nitrogens with one attached hydrogen (secondary N) is 3. The van der Waals surface area contributed by atoms with Gasteiger partial charge in [0.05, 0.1) is 24.2 Å². The molecule has 3 aromatic rings. The summed E-state index contributed by atoms with van der Waals surface area (Å²) in [5.41, 5.74) is 15.9. The molecule has 8 nitrogen and oxygen atoms in total. The van der Waals surface area contributed by atoms with E-state index in [1.54, 1.807) is 7.11 Å². The number of para-hydroxylation sites is 2. The predicted molar refractivity (Wildman–Crippen MR) is 104 cm³/mol. The third kappa shape index (κ3) is 2.61. The number of hydrogen-bond acceptors (Lipinski definition) is 7. The summed E-state index contributed by atoms with van der Waals surface area (Å²) in [4.78, 5) is 9.42. The van der Waals surface area contributed by atoms with Gasteiger partial charge in [0.15, 0.2) is 5.96 Å². The number of methoxy groups -OCH3 is 1. The molecule has 0 radical (unpaired) electrons. The van der Waals surface area contributed by atoms with Crippen molar-refractivity contribution in [2.24, 2.45) is 16.6 Å². The van der Waals surface area contributed by atoms with E-state index in [9.17, 15) is 0 Å². The number of anilines is 1. The summed E-state index contributed by atoms with van der Waals surface area (Å²) in [6.45, 7) is 0.768. The monoisotopic (exact) mass is 363 g/mol. The van der Waals surface area contributed by atoms with E-state index in [0.29, 0.717) is 5.96 Å². The van der Waals surface area contributed by atoms with Gasteiger partial charge in [-0.05, 0) is 29.8 Å². The van der Waals surface area contributed by atoms with E-state index in [2.05, 4.69) is 43.9 Å². The summed E-state index contributed by atoms with van der Waals surface area (Å²) >= 11 is 0. The normalized spacial score (nSPS) is 24.3. The van der Waals surface area contributed by atoms with Crippen LogP contribution in [0.1, 0.15) is 17.8 Å². The predicted octanol–water partition coefficient (Wildman–Crippen LogP) is 1.75. The van der Waals surface area contributed by atoms with Crippen LogP contribution in [-0.2, 0) is 0 Å². The van der Waals surface area contributed by atoms with Crippen LogP contribution in [0.5, 0.6) is 5.75 Å². The Balaban J connectivity index is 1.57. The maximum atomic E-state index is 6.08. The first kappa shape index (κ1) is 16.1. The number of ether oxygens (including phenoxy) is 1. The third-order valence-corrected chi connectivity index (χ3v) is 5.25. The average molecular weight is 363 g/mol. The first-order valence-corrected chi connectivity index (χ1v) is 8.94. The van der Waals surface area contributed by atoms with Crippen molar-refractivity contribution in [3.63, 3.8) is 0 Å². The molecule has 1 fully saturated rings. The number of rotatable bonds is 3. The van der Waals surface area contributed by atoms with E-state index in [-0.39, 0.29) is 18.1 Å². The zero-order chi connectivity index (χ0) is 18.4. The quantitative estimate of drug-likeness (QED) is 0.566. The van der Waals surface area contributed by atoms with Crippen LogP contribution in [0.25, 0.3) is 11.0 Å². The van der Waals surface area contributed by atoms with Gasteiger partial charge in [-0.3, -0.25) is 15.3 Å². The first-order valence-electron chi connectivity index (χ1n) is 8.94. The standard InChI is InChI=1S/C19H21N7O/c1-27-12-8-6-11(7-9-12)16-13(10-21-25-16)17-23-18(20)24-19-22-14-4-2-3-5-15(14)26(17)19/h2-9,13,16-17,21,25H,10H2,1H3,(H3,20,22,23,24). The Bertz CT molecular complexity index is 1010. The summed E-state index contributed by atoms with van der Waals surface area (Å²) in [5, 5.41) is 3.09. The maximum absolute atomic E-state index is 6.08. The molecule has 1 aromatic heterocycles. The number of aromatic nitrogens is 2. The van der Waals surface area contributed by atoms with Gasteiger partial charge in [0.1, 0.15) is 11.9 Å². The molecule has 3 heterocycles. The smallest absolute Gasteiger partial charge is 0.212 e. The number of hydrazine groups is 1. The average Bonchev–Trinajstić information content (AvgIpc) is 3.32. The lowest BCUT2D eigenvalue weighted by Gasteiger charge is -2.30. The van der Waals surface area contributed by atoms with Crippen LogP contribution >= 0.6 is 0 Å². The minimum absolute atomic E-state index is 0.0876. The van der Waals surface area contributed by atoms with Crippen LogP contribution in [0.2, 0.25) is 0 Å². The van der Waals surface area contributed by atoms with Gasteiger partial charge in [-0.1, -0.05) is 24.3 Å². The number of hydrogen-bond donors (Lipinski definition) is 4. The van der Waals surface area contributed by atoms with Gasteiger partial charge < -0.3 is 10.5 Å². The number of benzene rings is 2. The second-order valence-corrected chi connectivity index (χ2v) is 6.79. The molecule has 0 saturated carbocycles. The van der Waals surface area contributed by atoms with Crippen molar-refractivity contribution in [3.05, 3.63) is 54.1 Å². The highest BCUT2D eigenvalue weighted by Crippen LogP contribution is 2.39. The largest absolute Gasteiger partial charge is 0.497 e. The van der Waals surface area contributed by atoms with Crippen LogP contribution in [-0.4, -0.2) is 29.2 Å². The van der Waals surface area contributed by atoms with Crippen molar-refractivity contribution in [1.29, 1.82) is 0 Å². The molecule has 0 aliphatic carbocycles. The highest BCUT2D eigenvalue weighted by Gasteiger charge is 2.39. The molecule has 2 aliphatic heterocycles. The number of aliphatic imine (C=N–C) groups is 1. The van der Waals surface area contributed by atoms with E-state index in [4.69, 9.17) is 15.5 Å². The second-order valence-electron chi connectivity index (χ2n) is 6.79. The van der Waals surface area contributed by atoms with E-state index >= 15 is 0 Å². The van der Waals surface area contributed by atoms with Gasteiger partial charge in [0.2, 0.25) is 5.95 Å². The highest BCUT2D eigenvalue weighted by atomic mass is 16.5. The summed E-state index contributed by atoms with van der Waals surface area (Å²) in [6, 6.07) is 16.3. The Morgan fingerprint density at radius 2 is 1.96 bits per heavy atom. The Labute approximate surface area is 156 Å². The van der Waals surface area contributed by atoms with Crippen LogP contribution in [0, 0.1) is 5.92 Å². The molecule has 2 aliphatic rings. The maximum Gasteiger partial charge on any atom is 0.212 e. The first-order chi connectivity index (χ1) is 13.2. The number of fused-ring (bicyclic) bond motifs is 3. The highest BCUT2D eigenvalue weighted by molar-refractivity contribution is 5.94. The summed E-state index contributed by atoms with van der Waals surface area (Å²) in [7, 11) is 1.67. The molecular formula is C19H21N7O. The van der Waals surface area contributed by atoms with Crippen molar-refractivity contribution in [2.45, 2.75) is 12.2 Å². The molecular weight excluding hydrogens is 342 g/mol. The van der Waals surface area contributed by atoms with Crippen molar-refractivity contribution in [2.75, 3.05) is 19.0 Å². The SMILES string of the molecule is COc1ccc(C2NNCC2C2N=C(N)Nc3nc4ccccc4n32)cc1. The molecule has 0 bridgehead atoms.